The minimum absolute atomic E-state index is 0.117. The molecule has 0 atom stereocenters. The van der Waals surface area contributed by atoms with E-state index in [1.165, 1.54) is 0 Å². The van der Waals surface area contributed by atoms with Crippen LogP contribution in [-0.2, 0) is 6.54 Å². The first-order valence-electron chi connectivity index (χ1n) is 5.34. The molecule has 2 rings (SSSR count). The second kappa shape index (κ2) is 5.01. The molecule has 2 nitrogen and oxygen atoms in total. The van der Waals surface area contributed by atoms with Gasteiger partial charge < -0.3 is 5.32 Å². The highest BCUT2D eigenvalue weighted by atomic mass is 19.2. The van der Waals surface area contributed by atoms with Gasteiger partial charge in [-0.3, -0.25) is 4.90 Å². The van der Waals surface area contributed by atoms with Crippen molar-refractivity contribution in [1.82, 2.24) is 10.2 Å². The van der Waals surface area contributed by atoms with Crippen LogP contribution in [-0.4, -0.2) is 31.1 Å². The van der Waals surface area contributed by atoms with Gasteiger partial charge in [0.1, 0.15) is 0 Å². The molecule has 1 aliphatic rings. The summed E-state index contributed by atoms with van der Waals surface area (Å²) in [5.41, 5.74) is -0.538. The van der Waals surface area contributed by atoms with Crippen LogP contribution >= 0.6 is 0 Å². The van der Waals surface area contributed by atoms with Crippen molar-refractivity contribution in [2.75, 3.05) is 26.2 Å². The molecule has 0 aromatic heterocycles. The van der Waals surface area contributed by atoms with Crippen molar-refractivity contribution in [3.05, 3.63) is 34.9 Å². The number of nitrogens with zero attached hydrogens (tertiary/aromatic N) is 1. The zero-order valence-corrected chi connectivity index (χ0v) is 9.07. The largest absolute Gasteiger partial charge is 0.314 e. The van der Waals surface area contributed by atoms with Crippen molar-refractivity contribution in [2.24, 2.45) is 0 Å². The molecule has 17 heavy (non-hydrogen) atoms. The van der Waals surface area contributed by atoms with Gasteiger partial charge in [-0.2, -0.15) is 0 Å². The molecule has 1 N–H and O–H groups in total. The second-order valence-corrected chi connectivity index (χ2v) is 3.97. The zero-order chi connectivity index (χ0) is 12.4. The summed E-state index contributed by atoms with van der Waals surface area (Å²) in [6, 6.07) is 0.228. The van der Waals surface area contributed by atoms with E-state index in [-0.39, 0.29) is 12.6 Å². The topological polar surface area (TPSA) is 15.3 Å². The van der Waals surface area contributed by atoms with E-state index in [1.54, 1.807) is 4.90 Å². The first-order valence-corrected chi connectivity index (χ1v) is 5.34. The molecular formula is C11H12F4N2. The fourth-order valence-corrected chi connectivity index (χ4v) is 1.85. The minimum atomic E-state index is -1.35. The Morgan fingerprint density at radius 1 is 1.00 bits per heavy atom. The molecule has 1 aromatic rings. The second-order valence-electron chi connectivity index (χ2n) is 3.97. The molecule has 1 heterocycles. The number of halogens is 4. The van der Waals surface area contributed by atoms with Gasteiger partial charge in [-0.25, -0.2) is 17.6 Å². The maximum Gasteiger partial charge on any atom is 0.166 e. The summed E-state index contributed by atoms with van der Waals surface area (Å²) in [4.78, 5) is 1.75. The maximum atomic E-state index is 13.4. The van der Waals surface area contributed by atoms with Gasteiger partial charge in [-0.15, -0.1) is 0 Å². The number of benzene rings is 1. The molecule has 6 heteroatoms. The van der Waals surface area contributed by atoms with Crippen LogP contribution in [0.25, 0.3) is 0 Å². The predicted molar refractivity (Wildman–Crippen MR) is 54.4 cm³/mol. The van der Waals surface area contributed by atoms with E-state index in [4.69, 9.17) is 0 Å². The molecule has 1 saturated heterocycles. The van der Waals surface area contributed by atoms with Gasteiger partial charge in [0.2, 0.25) is 0 Å². The summed E-state index contributed by atoms with van der Waals surface area (Å²) in [5, 5.41) is 3.08. The summed E-state index contributed by atoms with van der Waals surface area (Å²) in [6.45, 7) is 2.46. The van der Waals surface area contributed by atoms with Crippen LogP contribution in [0, 0.1) is 23.3 Å². The lowest BCUT2D eigenvalue weighted by molar-refractivity contribution is 0.225. The SMILES string of the molecule is Fc1cc(F)c(F)c(CN2CCNCC2)c1F. The van der Waals surface area contributed by atoms with Gasteiger partial charge in [0.25, 0.3) is 0 Å². The lowest BCUT2D eigenvalue weighted by Gasteiger charge is -2.27. The smallest absolute Gasteiger partial charge is 0.166 e. The molecular weight excluding hydrogens is 236 g/mol. The van der Waals surface area contributed by atoms with E-state index < -0.39 is 28.8 Å². The first-order chi connectivity index (χ1) is 8.09. The normalized spacial score (nSPS) is 17.4. The van der Waals surface area contributed by atoms with Crippen LogP contribution in [0.5, 0.6) is 0 Å². The van der Waals surface area contributed by atoms with Crippen molar-refractivity contribution in [1.29, 1.82) is 0 Å². The van der Waals surface area contributed by atoms with E-state index in [0.717, 1.165) is 0 Å². The molecule has 0 radical (unpaired) electrons. The van der Waals surface area contributed by atoms with Crippen LogP contribution in [0.4, 0.5) is 17.6 Å². The minimum Gasteiger partial charge on any atom is -0.314 e. The van der Waals surface area contributed by atoms with Gasteiger partial charge >= 0.3 is 0 Å². The Morgan fingerprint density at radius 3 is 2.06 bits per heavy atom. The summed E-state index contributed by atoms with van der Waals surface area (Å²) in [6.07, 6.45) is 0. The Balaban J connectivity index is 2.24. The van der Waals surface area contributed by atoms with Gasteiger partial charge in [0, 0.05) is 44.4 Å². The van der Waals surface area contributed by atoms with Crippen molar-refractivity contribution in [3.63, 3.8) is 0 Å². The predicted octanol–water partition coefficient (Wildman–Crippen LogP) is 1.65. The van der Waals surface area contributed by atoms with Crippen molar-refractivity contribution >= 4 is 0 Å². The fourth-order valence-electron chi connectivity index (χ4n) is 1.85. The molecule has 94 valence electrons. The summed E-state index contributed by atoms with van der Waals surface area (Å²) >= 11 is 0. The summed E-state index contributed by atoms with van der Waals surface area (Å²) in [5.74, 6) is -5.31. The third-order valence-electron chi connectivity index (χ3n) is 2.79. The first kappa shape index (κ1) is 12.3. The Morgan fingerprint density at radius 2 is 1.53 bits per heavy atom. The fraction of sp³-hybridized carbons (Fsp3) is 0.455. The Hall–Kier alpha value is -1.14. The number of piperazine rings is 1. The van der Waals surface area contributed by atoms with E-state index in [1.807, 2.05) is 0 Å². The van der Waals surface area contributed by atoms with Crippen LogP contribution < -0.4 is 5.32 Å². The van der Waals surface area contributed by atoms with Gasteiger partial charge in [-0.1, -0.05) is 0 Å². The van der Waals surface area contributed by atoms with E-state index in [0.29, 0.717) is 26.2 Å². The Bertz CT molecular complexity index is 390. The number of hydrogen-bond acceptors (Lipinski definition) is 2. The molecule has 1 fully saturated rings. The molecule has 0 amide bonds. The van der Waals surface area contributed by atoms with Crippen molar-refractivity contribution in [3.8, 4) is 0 Å². The lowest BCUT2D eigenvalue weighted by Crippen LogP contribution is -2.43. The highest BCUT2D eigenvalue weighted by Crippen LogP contribution is 2.20. The van der Waals surface area contributed by atoms with E-state index in [9.17, 15) is 17.6 Å². The molecule has 0 unspecified atom stereocenters. The standard InChI is InChI=1S/C11H12F4N2/c12-8-5-9(13)11(15)7(10(8)14)6-17-3-1-16-2-4-17/h5,16H,1-4,6H2. The van der Waals surface area contributed by atoms with Crippen molar-refractivity contribution < 1.29 is 17.6 Å². The Kier molecular flexibility index (Phi) is 3.63. The van der Waals surface area contributed by atoms with Crippen LogP contribution in [0.2, 0.25) is 0 Å². The van der Waals surface area contributed by atoms with Gasteiger partial charge in [0.15, 0.2) is 23.3 Å². The van der Waals surface area contributed by atoms with Gasteiger partial charge in [0.05, 0.1) is 0 Å². The maximum absolute atomic E-state index is 13.4. The summed E-state index contributed by atoms with van der Waals surface area (Å²) in [7, 11) is 0. The number of hydrogen-bond donors (Lipinski definition) is 1. The van der Waals surface area contributed by atoms with Crippen LogP contribution in [0.3, 0.4) is 0 Å². The van der Waals surface area contributed by atoms with E-state index >= 15 is 0 Å². The summed E-state index contributed by atoms with van der Waals surface area (Å²) < 4.78 is 52.7. The Labute approximate surface area is 96.2 Å². The molecule has 0 spiro atoms. The molecule has 0 bridgehead atoms. The van der Waals surface area contributed by atoms with E-state index in [2.05, 4.69) is 5.32 Å². The monoisotopic (exact) mass is 248 g/mol. The third-order valence-corrected chi connectivity index (χ3v) is 2.79. The van der Waals surface area contributed by atoms with Gasteiger partial charge in [-0.05, 0) is 0 Å². The van der Waals surface area contributed by atoms with Crippen molar-refractivity contribution in [2.45, 2.75) is 6.54 Å². The lowest BCUT2D eigenvalue weighted by atomic mass is 10.1. The number of nitrogens with one attached hydrogen (secondary N) is 1. The highest BCUT2D eigenvalue weighted by molar-refractivity contribution is 5.22. The van der Waals surface area contributed by atoms with Crippen LogP contribution in [0.15, 0.2) is 6.07 Å². The molecule has 0 aliphatic carbocycles. The number of rotatable bonds is 2. The average molecular weight is 248 g/mol. The quantitative estimate of drug-likeness (QED) is 0.632. The molecule has 1 aliphatic heterocycles. The highest BCUT2D eigenvalue weighted by Gasteiger charge is 2.21. The third kappa shape index (κ3) is 2.58. The zero-order valence-electron chi connectivity index (χ0n) is 9.07. The molecule has 0 saturated carbocycles. The average Bonchev–Trinajstić information content (AvgIpc) is 2.33. The van der Waals surface area contributed by atoms with Crippen LogP contribution in [0.1, 0.15) is 5.56 Å². The molecule has 1 aromatic carbocycles.